The molecule has 3 heterocycles. The molecule has 0 aliphatic carbocycles. The van der Waals surface area contributed by atoms with E-state index in [2.05, 4.69) is 25.7 Å². The van der Waals surface area contributed by atoms with Gasteiger partial charge in [-0.25, -0.2) is 4.39 Å². The van der Waals surface area contributed by atoms with Crippen molar-refractivity contribution in [3.05, 3.63) is 51.6 Å². The van der Waals surface area contributed by atoms with Gasteiger partial charge in [0.05, 0.1) is 0 Å². The summed E-state index contributed by atoms with van der Waals surface area (Å²) < 4.78 is 13.2. The van der Waals surface area contributed by atoms with E-state index < -0.39 is 0 Å². The lowest BCUT2D eigenvalue weighted by atomic mass is 10.0. The second kappa shape index (κ2) is 9.22. The summed E-state index contributed by atoms with van der Waals surface area (Å²) in [6.07, 6.45) is 2.79. The first-order valence-corrected chi connectivity index (χ1v) is 9.72. The molecule has 4 rings (SSSR count). The number of benzene rings is 1. The molecule has 1 atom stereocenters. The Bertz CT molecular complexity index is 844. The molecule has 1 aromatic carbocycles. The lowest BCUT2D eigenvalue weighted by Crippen LogP contribution is -2.47. The van der Waals surface area contributed by atoms with Crippen molar-refractivity contribution in [2.45, 2.75) is 38.4 Å². The summed E-state index contributed by atoms with van der Waals surface area (Å²) in [5.41, 5.74) is 3.42. The van der Waals surface area contributed by atoms with Crippen LogP contribution in [0.1, 0.15) is 40.2 Å². The van der Waals surface area contributed by atoms with Crippen molar-refractivity contribution >= 4 is 29.9 Å². The number of carbonyl (C=O) groups excluding carboxylic acids is 1. The smallest absolute Gasteiger partial charge is 0.272 e. The number of nitrogens with zero attached hydrogens (tertiary/aromatic N) is 2. The highest BCUT2D eigenvalue weighted by atomic mass is 35.5. The molecule has 1 fully saturated rings. The number of rotatable bonds is 4. The molecule has 1 aromatic heterocycles. The normalized spacial score (nSPS) is 19.6. The van der Waals surface area contributed by atoms with Crippen LogP contribution in [0.2, 0.25) is 5.02 Å². The number of fused-ring (bicyclic) bond motifs is 1. The Labute approximate surface area is 174 Å². The topological polar surface area (TPSA) is 73.0 Å². The van der Waals surface area contributed by atoms with E-state index >= 15 is 0 Å². The van der Waals surface area contributed by atoms with E-state index in [0.29, 0.717) is 23.8 Å². The van der Waals surface area contributed by atoms with Crippen LogP contribution in [0, 0.1) is 5.82 Å². The molecule has 3 N–H and O–H groups in total. The maximum absolute atomic E-state index is 13.2. The lowest BCUT2D eigenvalue weighted by molar-refractivity contribution is 0.0894. The fourth-order valence-electron chi connectivity index (χ4n) is 3.87. The molecule has 152 valence electrons. The predicted octanol–water partition coefficient (Wildman–Crippen LogP) is 2.66. The Hall–Kier alpha value is -1.67. The molecule has 1 amide bonds. The van der Waals surface area contributed by atoms with Gasteiger partial charge in [0.1, 0.15) is 5.82 Å². The van der Waals surface area contributed by atoms with Gasteiger partial charge in [0.2, 0.25) is 0 Å². The molecule has 2 aliphatic rings. The second-order valence-corrected chi connectivity index (χ2v) is 7.65. The molecular formula is C19H24Cl2FN5O. The number of carbonyl (C=O) groups is 1. The van der Waals surface area contributed by atoms with Gasteiger partial charge in [-0.05, 0) is 37.1 Å². The molecule has 0 saturated carbocycles. The molecule has 1 unspecified atom stereocenters. The number of halogens is 3. The fourth-order valence-corrected chi connectivity index (χ4v) is 4.10. The van der Waals surface area contributed by atoms with Crippen LogP contribution in [0.4, 0.5) is 4.39 Å². The fraction of sp³-hybridized carbons (Fsp3) is 0.474. The summed E-state index contributed by atoms with van der Waals surface area (Å²) in [5, 5.41) is 14.1. The average molecular weight is 428 g/mol. The Balaban J connectivity index is 0.00000225. The van der Waals surface area contributed by atoms with Crippen LogP contribution in [0.15, 0.2) is 18.2 Å². The highest BCUT2D eigenvalue weighted by Gasteiger charge is 2.26. The van der Waals surface area contributed by atoms with Crippen LogP contribution < -0.4 is 10.6 Å². The van der Waals surface area contributed by atoms with E-state index in [0.717, 1.165) is 55.7 Å². The number of hydrogen-bond donors (Lipinski definition) is 3. The second-order valence-electron chi connectivity index (χ2n) is 7.24. The first kappa shape index (κ1) is 21.0. The molecule has 0 spiro atoms. The minimum Gasteiger partial charge on any atom is -0.347 e. The van der Waals surface area contributed by atoms with Gasteiger partial charge in [-0.15, -0.1) is 12.4 Å². The number of H-pyrrole nitrogens is 1. The SMILES string of the molecule is Cl.O=C(NC1CCCN(Cc2ccc(F)cc2Cl)C1)c1n[nH]c2c1CNCC2. The average Bonchev–Trinajstić information content (AvgIpc) is 3.09. The number of nitrogens with one attached hydrogen (secondary N) is 3. The number of aromatic nitrogens is 2. The van der Waals surface area contributed by atoms with E-state index in [-0.39, 0.29) is 30.2 Å². The van der Waals surface area contributed by atoms with Gasteiger partial charge in [-0.1, -0.05) is 17.7 Å². The van der Waals surface area contributed by atoms with E-state index in [9.17, 15) is 9.18 Å². The number of hydrogen-bond acceptors (Lipinski definition) is 4. The van der Waals surface area contributed by atoms with Crippen LogP contribution in [0.3, 0.4) is 0 Å². The van der Waals surface area contributed by atoms with Crippen molar-refractivity contribution < 1.29 is 9.18 Å². The minimum absolute atomic E-state index is 0. The van der Waals surface area contributed by atoms with Crippen molar-refractivity contribution in [3.8, 4) is 0 Å². The Kier molecular flexibility index (Phi) is 6.93. The largest absolute Gasteiger partial charge is 0.347 e. The maximum atomic E-state index is 13.2. The zero-order valence-electron chi connectivity index (χ0n) is 15.4. The van der Waals surface area contributed by atoms with Crippen LogP contribution in [0.25, 0.3) is 0 Å². The van der Waals surface area contributed by atoms with Crippen LogP contribution >= 0.6 is 24.0 Å². The Morgan fingerprint density at radius 1 is 1.43 bits per heavy atom. The van der Waals surface area contributed by atoms with E-state index in [1.807, 2.05) is 0 Å². The third-order valence-corrected chi connectivity index (χ3v) is 5.62. The quantitative estimate of drug-likeness (QED) is 0.700. The van der Waals surface area contributed by atoms with Gasteiger partial charge in [-0.3, -0.25) is 14.8 Å². The summed E-state index contributed by atoms with van der Waals surface area (Å²) in [4.78, 5) is 14.9. The molecular weight excluding hydrogens is 404 g/mol. The van der Waals surface area contributed by atoms with Crippen molar-refractivity contribution in [2.75, 3.05) is 19.6 Å². The lowest BCUT2D eigenvalue weighted by Gasteiger charge is -2.33. The van der Waals surface area contributed by atoms with Gasteiger partial charge in [-0.2, -0.15) is 5.10 Å². The van der Waals surface area contributed by atoms with Gasteiger partial charge < -0.3 is 10.6 Å². The standard InChI is InChI=1S/C19H23ClFN5O.ClH/c20-16-8-13(21)4-3-12(16)10-26-7-1-2-14(11-26)23-19(27)18-15-9-22-6-5-17(15)24-25-18;/h3-4,8,14,22H,1-2,5-7,9-11H2,(H,23,27)(H,24,25);1H. The molecule has 2 aromatic rings. The first-order valence-electron chi connectivity index (χ1n) is 9.34. The molecule has 9 heteroatoms. The van der Waals surface area contributed by atoms with Crippen molar-refractivity contribution in [2.24, 2.45) is 0 Å². The third-order valence-electron chi connectivity index (χ3n) is 5.27. The number of piperidine rings is 1. The summed E-state index contributed by atoms with van der Waals surface area (Å²) in [6, 6.07) is 4.56. The first-order chi connectivity index (χ1) is 13.1. The number of aromatic amines is 1. The zero-order chi connectivity index (χ0) is 18.8. The maximum Gasteiger partial charge on any atom is 0.272 e. The molecule has 0 bridgehead atoms. The van der Waals surface area contributed by atoms with Crippen LogP contribution in [-0.2, 0) is 19.5 Å². The molecule has 6 nitrogen and oxygen atoms in total. The molecule has 28 heavy (non-hydrogen) atoms. The highest BCUT2D eigenvalue weighted by Crippen LogP contribution is 2.22. The molecule has 2 aliphatic heterocycles. The van der Waals surface area contributed by atoms with E-state index in [1.54, 1.807) is 6.07 Å². The Morgan fingerprint density at radius 3 is 3.11 bits per heavy atom. The minimum atomic E-state index is -0.329. The summed E-state index contributed by atoms with van der Waals surface area (Å²) in [5.74, 6) is -0.452. The number of likely N-dealkylation sites (tertiary alicyclic amines) is 1. The third kappa shape index (κ3) is 4.66. The van der Waals surface area contributed by atoms with E-state index in [4.69, 9.17) is 11.6 Å². The van der Waals surface area contributed by atoms with Crippen molar-refractivity contribution in [1.82, 2.24) is 25.7 Å². The predicted molar refractivity (Wildman–Crippen MR) is 108 cm³/mol. The van der Waals surface area contributed by atoms with Gasteiger partial charge in [0.15, 0.2) is 5.69 Å². The zero-order valence-corrected chi connectivity index (χ0v) is 17.0. The Morgan fingerprint density at radius 2 is 2.29 bits per heavy atom. The van der Waals surface area contributed by atoms with Crippen molar-refractivity contribution in [3.63, 3.8) is 0 Å². The van der Waals surface area contributed by atoms with Gasteiger partial charge in [0, 0.05) is 54.9 Å². The van der Waals surface area contributed by atoms with E-state index in [1.165, 1.54) is 12.1 Å². The monoisotopic (exact) mass is 427 g/mol. The van der Waals surface area contributed by atoms with Gasteiger partial charge in [0.25, 0.3) is 5.91 Å². The summed E-state index contributed by atoms with van der Waals surface area (Å²) in [6.45, 7) is 3.90. The molecule has 1 saturated heterocycles. The highest BCUT2D eigenvalue weighted by molar-refractivity contribution is 6.31. The van der Waals surface area contributed by atoms with Crippen LogP contribution in [0.5, 0.6) is 0 Å². The molecule has 0 radical (unpaired) electrons. The van der Waals surface area contributed by atoms with Crippen LogP contribution in [-0.4, -0.2) is 46.7 Å². The van der Waals surface area contributed by atoms with Gasteiger partial charge >= 0.3 is 0 Å². The van der Waals surface area contributed by atoms with Crippen molar-refractivity contribution in [1.29, 1.82) is 0 Å². The summed E-state index contributed by atoms with van der Waals surface area (Å²) >= 11 is 6.15. The summed E-state index contributed by atoms with van der Waals surface area (Å²) in [7, 11) is 0. The number of amides is 1.